The molecule has 126 valence electrons. The van der Waals surface area contributed by atoms with Gasteiger partial charge in [0.2, 0.25) is 5.91 Å². The molecule has 0 aliphatic carbocycles. The number of piperidine rings is 1. The smallest absolute Gasteiger partial charge is 0.226 e. The van der Waals surface area contributed by atoms with E-state index in [9.17, 15) is 4.79 Å². The second kappa shape index (κ2) is 8.29. The number of halogens is 1. The molecule has 23 heavy (non-hydrogen) atoms. The Morgan fingerprint density at radius 2 is 1.70 bits per heavy atom. The van der Waals surface area contributed by atoms with Crippen molar-refractivity contribution in [2.24, 2.45) is 5.92 Å². The molecule has 1 aromatic rings. The van der Waals surface area contributed by atoms with Crippen LogP contribution in [0.4, 0.5) is 0 Å². The zero-order valence-corrected chi connectivity index (χ0v) is 15.4. The SMILES string of the molecule is O=C([C@@H]1CCCN(Cc2ccc(Br)cc2)C1)N1CCCCCC1. The van der Waals surface area contributed by atoms with Crippen LogP contribution in [0.3, 0.4) is 0 Å². The van der Waals surface area contributed by atoms with Crippen molar-refractivity contribution in [1.82, 2.24) is 9.80 Å². The van der Waals surface area contributed by atoms with Crippen LogP contribution in [0, 0.1) is 5.92 Å². The summed E-state index contributed by atoms with van der Waals surface area (Å²) >= 11 is 3.49. The van der Waals surface area contributed by atoms with Crippen molar-refractivity contribution >= 4 is 21.8 Å². The molecule has 1 atom stereocenters. The van der Waals surface area contributed by atoms with Crippen LogP contribution < -0.4 is 0 Å². The summed E-state index contributed by atoms with van der Waals surface area (Å²) in [4.78, 5) is 17.4. The molecule has 1 aromatic carbocycles. The predicted octanol–water partition coefficient (Wildman–Crippen LogP) is 4.06. The number of carbonyl (C=O) groups is 1. The van der Waals surface area contributed by atoms with Gasteiger partial charge in [0.05, 0.1) is 5.92 Å². The standard InChI is InChI=1S/C19H27BrN2O/c20-18-9-7-16(8-10-18)14-21-11-5-6-17(15-21)19(23)22-12-3-1-2-4-13-22/h7-10,17H,1-6,11-15H2/t17-/m1/s1. The van der Waals surface area contributed by atoms with Gasteiger partial charge in [-0.15, -0.1) is 0 Å². The molecule has 0 radical (unpaired) electrons. The molecular weight excluding hydrogens is 352 g/mol. The van der Waals surface area contributed by atoms with Gasteiger partial charge < -0.3 is 4.90 Å². The minimum atomic E-state index is 0.206. The summed E-state index contributed by atoms with van der Waals surface area (Å²) in [5, 5.41) is 0. The Morgan fingerprint density at radius 1 is 1.00 bits per heavy atom. The van der Waals surface area contributed by atoms with Crippen LogP contribution in [0.5, 0.6) is 0 Å². The summed E-state index contributed by atoms with van der Waals surface area (Å²) in [5.74, 6) is 0.615. The maximum atomic E-state index is 12.8. The molecule has 2 aliphatic heterocycles. The van der Waals surface area contributed by atoms with E-state index < -0.39 is 0 Å². The Labute approximate surface area is 148 Å². The highest BCUT2D eigenvalue weighted by atomic mass is 79.9. The molecule has 0 aromatic heterocycles. The molecule has 0 saturated carbocycles. The highest BCUT2D eigenvalue weighted by molar-refractivity contribution is 9.10. The normalized spacial score (nSPS) is 23.5. The fourth-order valence-electron chi connectivity index (χ4n) is 3.80. The Balaban J connectivity index is 1.56. The summed E-state index contributed by atoms with van der Waals surface area (Å²) in [5.41, 5.74) is 1.33. The van der Waals surface area contributed by atoms with Gasteiger partial charge >= 0.3 is 0 Å². The summed E-state index contributed by atoms with van der Waals surface area (Å²) in [6.45, 7) is 4.94. The molecule has 0 N–H and O–H groups in total. The van der Waals surface area contributed by atoms with E-state index in [4.69, 9.17) is 0 Å². The highest BCUT2D eigenvalue weighted by Crippen LogP contribution is 2.22. The number of rotatable bonds is 3. The van der Waals surface area contributed by atoms with Gasteiger partial charge in [0.1, 0.15) is 0 Å². The third-order valence-electron chi connectivity index (χ3n) is 5.09. The van der Waals surface area contributed by atoms with Crippen LogP contribution in [0.25, 0.3) is 0 Å². The van der Waals surface area contributed by atoms with Crippen LogP contribution in [0.15, 0.2) is 28.7 Å². The van der Waals surface area contributed by atoms with Crippen molar-refractivity contribution in [3.63, 3.8) is 0 Å². The summed E-state index contributed by atoms with van der Waals surface area (Å²) in [7, 11) is 0. The van der Waals surface area contributed by atoms with Crippen LogP contribution >= 0.6 is 15.9 Å². The number of amides is 1. The first-order valence-corrected chi connectivity index (χ1v) is 9.77. The fourth-order valence-corrected chi connectivity index (χ4v) is 4.06. The van der Waals surface area contributed by atoms with E-state index in [0.717, 1.165) is 50.0 Å². The van der Waals surface area contributed by atoms with E-state index in [1.54, 1.807) is 0 Å². The third-order valence-corrected chi connectivity index (χ3v) is 5.62. The lowest BCUT2D eigenvalue weighted by Gasteiger charge is -2.34. The first-order valence-electron chi connectivity index (χ1n) is 8.98. The lowest BCUT2D eigenvalue weighted by Crippen LogP contribution is -2.44. The van der Waals surface area contributed by atoms with E-state index >= 15 is 0 Å². The lowest BCUT2D eigenvalue weighted by atomic mass is 9.96. The minimum Gasteiger partial charge on any atom is -0.342 e. The van der Waals surface area contributed by atoms with Crippen molar-refractivity contribution in [3.8, 4) is 0 Å². The van der Waals surface area contributed by atoms with E-state index in [1.165, 1.54) is 31.2 Å². The molecular formula is C19H27BrN2O. The van der Waals surface area contributed by atoms with Gasteiger partial charge in [0.25, 0.3) is 0 Å². The first kappa shape index (κ1) is 17.0. The quantitative estimate of drug-likeness (QED) is 0.791. The molecule has 0 unspecified atom stereocenters. The van der Waals surface area contributed by atoms with Crippen molar-refractivity contribution in [2.45, 2.75) is 45.1 Å². The number of benzene rings is 1. The average molecular weight is 379 g/mol. The van der Waals surface area contributed by atoms with Gasteiger partial charge in [-0.3, -0.25) is 9.69 Å². The topological polar surface area (TPSA) is 23.6 Å². The van der Waals surface area contributed by atoms with Crippen molar-refractivity contribution in [3.05, 3.63) is 34.3 Å². The molecule has 0 spiro atoms. The number of nitrogens with zero attached hydrogens (tertiary/aromatic N) is 2. The van der Waals surface area contributed by atoms with E-state index in [0.29, 0.717) is 5.91 Å². The fraction of sp³-hybridized carbons (Fsp3) is 0.632. The van der Waals surface area contributed by atoms with Crippen molar-refractivity contribution in [1.29, 1.82) is 0 Å². The number of likely N-dealkylation sites (tertiary alicyclic amines) is 2. The average Bonchev–Trinajstić information content (AvgIpc) is 2.86. The zero-order valence-electron chi connectivity index (χ0n) is 13.8. The van der Waals surface area contributed by atoms with Gasteiger partial charge in [0.15, 0.2) is 0 Å². The molecule has 2 heterocycles. The summed E-state index contributed by atoms with van der Waals surface area (Å²) < 4.78 is 1.12. The molecule has 2 fully saturated rings. The van der Waals surface area contributed by atoms with Crippen LogP contribution in [-0.4, -0.2) is 41.9 Å². The lowest BCUT2D eigenvalue weighted by molar-refractivity contribution is -0.137. The highest BCUT2D eigenvalue weighted by Gasteiger charge is 2.29. The van der Waals surface area contributed by atoms with Gasteiger partial charge in [-0.05, 0) is 49.9 Å². The number of hydrogen-bond donors (Lipinski definition) is 0. The second-order valence-corrected chi connectivity index (χ2v) is 7.86. The Bertz CT molecular complexity index is 509. The Hall–Kier alpha value is -0.870. The van der Waals surface area contributed by atoms with Crippen molar-refractivity contribution < 1.29 is 4.79 Å². The van der Waals surface area contributed by atoms with Crippen molar-refractivity contribution in [2.75, 3.05) is 26.2 Å². The van der Waals surface area contributed by atoms with Crippen LogP contribution in [0.2, 0.25) is 0 Å². The first-order chi connectivity index (χ1) is 11.2. The van der Waals surface area contributed by atoms with Crippen LogP contribution in [0.1, 0.15) is 44.1 Å². The zero-order chi connectivity index (χ0) is 16.1. The molecule has 3 rings (SSSR count). The summed E-state index contributed by atoms with van der Waals surface area (Å²) in [6.07, 6.45) is 7.13. The Morgan fingerprint density at radius 3 is 2.39 bits per heavy atom. The summed E-state index contributed by atoms with van der Waals surface area (Å²) in [6, 6.07) is 8.53. The van der Waals surface area contributed by atoms with E-state index in [1.807, 2.05) is 0 Å². The van der Waals surface area contributed by atoms with E-state index in [2.05, 4.69) is 50.0 Å². The second-order valence-electron chi connectivity index (χ2n) is 6.94. The monoisotopic (exact) mass is 378 g/mol. The largest absolute Gasteiger partial charge is 0.342 e. The third kappa shape index (κ3) is 4.80. The molecule has 2 saturated heterocycles. The molecule has 0 bridgehead atoms. The van der Waals surface area contributed by atoms with Gasteiger partial charge in [-0.1, -0.05) is 40.9 Å². The Kier molecular flexibility index (Phi) is 6.12. The molecule has 2 aliphatic rings. The molecule has 1 amide bonds. The van der Waals surface area contributed by atoms with E-state index in [-0.39, 0.29) is 5.92 Å². The number of carbonyl (C=O) groups excluding carboxylic acids is 1. The molecule has 4 heteroatoms. The van der Waals surface area contributed by atoms with Crippen LogP contribution in [-0.2, 0) is 11.3 Å². The maximum absolute atomic E-state index is 12.8. The van der Waals surface area contributed by atoms with Gasteiger partial charge in [-0.2, -0.15) is 0 Å². The van der Waals surface area contributed by atoms with Gasteiger partial charge in [-0.25, -0.2) is 0 Å². The molecule has 3 nitrogen and oxygen atoms in total. The number of hydrogen-bond acceptors (Lipinski definition) is 2. The van der Waals surface area contributed by atoms with Gasteiger partial charge in [0, 0.05) is 30.7 Å². The minimum absolute atomic E-state index is 0.206. The maximum Gasteiger partial charge on any atom is 0.226 e. The predicted molar refractivity (Wildman–Crippen MR) is 97.2 cm³/mol.